The molecule has 4 heteroatoms. The number of aromatic nitrogens is 2. The Labute approximate surface area is 128 Å². The Morgan fingerprint density at radius 3 is 3.14 bits per heavy atom. The molecule has 3 nitrogen and oxygen atoms in total. The van der Waals surface area contributed by atoms with Crippen LogP contribution >= 0.6 is 11.3 Å². The zero-order chi connectivity index (χ0) is 14.1. The maximum atomic E-state index is 4.19. The minimum absolute atomic E-state index is 0.553. The normalized spacial score (nSPS) is 22.1. The molecule has 3 aromatic rings. The van der Waals surface area contributed by atoms with E-state index in [1.165, 1.54) is 34.9 Å². The van der Waals surface area contributed by atoms with E-state index in [2.05, 4.69) is 50.7 Å². The number of thiophene rings is 1. The molecule has 0 saturated heterocycles. The number of nitrogens with zero attached hydrogens (tertiary/aromatic N) is 2. The Morgan fingerprint density at radius 2 is 2.24 bits per heavy atom. The Kier molecular flexibility index (Phi) is 3.49. The standard InChI is InChI=1S/C17H19N3S/c1-2-7-17-14(4-1)13(11-21-17)10-19-15-5-3-6-16(15)20-9-8-18-12-20/h1-2,4,7-9,11-12,15-16,19H,3,5-6,10H2. The Morgan fingerprint density at radius 1 is 1.29 bits per heavy atom. The molecule has 4 rings (SSSR count). The van der Waals surface area contributed by atoms with E-state index in [4.69, 9.17) is 0 Å². The zero-order valence-electron chi connectivity index (χ0n) is 11.9. The topological polar surface area (TPSA) is 29.9 Å². The lowest BCUT2D eigenvalue weighted by Gasteiger charge is -2.22. The predicted molar refractivity (Wildman–Crippen MR) is 87.6 cm³/mol. The lowest BCUT2D eigenvalue weighted by Crippen LogP contribution is -2.33. The highest BCUT2D eigenvalue weighted by Crippen LogP contribution is 2.31. The van der Waals surface area contributed by atoms with Crippen molar-refractivity contribution in [3.8, 4) is 0 Å². The van der Waals surface area contributed by atoms with Crippen molar-refractivity contribution in [3.05, 3.63) is 53.9 Å². The number of rotatable bonds is 4. The molecule has 21 heavy (non-hydrogen) atoms. The summed E-state index contributed by atoms with van der Waals surface area (Å²) in [6, 6.07) is 9.78. The minimum atomic E-state index is 0.553. The van der Waals surface area contributed by atoms with Crippen molar-refractivity contribution in [2.24, 2.45) is 0 Å². The van der Waals surface area contributed by atoms with Gasteiger partial charge in [-0.1, -0.05) is 18.2 Å². The van der Waals surface area contributed by atoms with Crippen molar-refractivity contribution in [1.82, 2.24) is 14.9 Å². The Bertz CT molecular complexity index is 717. The van der Waals surface area contributed by atoms with Crippen molar-refractivity contribution in [2.75, 3.05) is 0 Å². The monoisotopic (exact) mass is 297 g/mol. The Balaban J connectivity index is 1.49. The van der Waals surface area contributed by atoms with Gasteiger partial charge in [0, 0.05) is 35.7 Å². The molecule has 1 fully saturated rings. The maximum Gasteiger partial charge on any atom is 0.0949 e. The lowest BCUT2D eigenvalue weighted by molar-refractivity contribution is 0.391. The van der Waals surface area contributed by atoms with E-state index < -0.39 is 0 Å². The Hall–Kier alpha value is -1.65. The van der Waals surface area contributed by atoms with E-state index in [1.54, 1.807) is 0 Å². The van der Waals surface area contributed by atoms with E-state index in [0.29, 0.717) is 12.1 Å². The average molecular weight is 297 g/mol. The number of hydrogen-bond donors (Lipinski definition) is 1. The summed E-state index contributed by atoms with van der Waals surface area (Å²) >= 11 is 1.84. The van der Waals surface area contributed by atoms with E-state index >= 15 is 0 Å². The van der Waals surface area contributed by atoms with Gasteiger partial charge in [-0.05, 0) is 41.7 Å². The molecule has 108 valence electrons. The highest BCUT2D eigenvalue weighted by Gasteiger charge is 2.27. The molecular formula is C17H19N3S. The second kappa shape index (κ2) is 5.62. The highest BCUT2D eigenvalue weighted by atomic mass is 32.1. The van der Waals surface area contributed by atoms with Crippen molar-refractivity contribution in [1.29, 1.82) is 0 Å². The molecule has 1 saturated carbocycles. The summed E-state index contributed by atoms with van der Waals surface area (Å²) in [6.45, 7) is 0.958. The number of imidazole rings is 1. The van der Waals surface area contributed by atoms with E-state index in [9.17, 15) is 0 Å². The fourth-order valence-electron chi connectivity index (χ4n) is 3.41. The summed E-state index contributed by atoms with van der Waals surface area (Å²) in [6.07, 6.45) is 9.71. The fourth-order valence-corrected chi connectivity index (χ4v) is 4.37. The first kappa shape index (κ1) is 13.0. The molecule has 2 atom stereocenters. The van der Waals surface area contributed by atoms with Gasteiger partial charge in [0.25, 0.3) is 0 Å². The molecule has 0 amide bonds. The van der Waals surface area contributed by atoms with Crippen LogP contribution in [0, 0.1) is 0 Å². The second-order valence-corrected chi connectivity index (χ2v) is 6.66. The molecular weight excluding hydrogens is 278 g/mol. The number of nitrogens with one attached hydrogen (secondary N) is 1. The molecule has 1 N–H and O–H groups in total. The summed E-state index contributed by atoms with van der Waals surface area (Å²) in [4.78, 5) is 4.19. The van der Waals surface area contributed by atoms with Gasteiger partial charge in [0.05, 0.1) is 6.33 Å². The van der Waals surface area contributed by atoms with Gasteiger partial charge in [0.2, 0.25) is 0 Å². The summed E-state index contributed by atoms with van der Waals surface area (Å²) in [5.74, 6) is 0. The molecule has 1 aliphatic rings. The molecule has 1 aliphatic carbocycles. The van der Waals surface area contributed by atoms with Crippen LogP contribution in [0.2, 0.25) is 0 Å². The van der Waals surface area contributed by atoms with Crippen LogP contribution in [0.1, 0.15) is 30.9 Å². The number of hydrogen-bond acceptors (Lipinski definition) is 3. The first-order valence-electron chi connectivity index (χ1n) is 7.58. The summed E-state index contributed by atoms with van der Waals surface area (Å²) in [7, 11) is 0. The van der Waals surface area contributed by atoms with Gasteiger partial charge >= 0.3 is 0 Å². The van der Waals surface area contributed by atoms with Crippen molar-refractivity contribution < 1.29 is 0 Å². The third kappa shape index (κ3) is 2.49. The van der Waals surface area contributed by atoms with Crippen LogP contribution in [-0.2, 0) is 6.54 Å². The van der Waals surface area contributed by atoms with Crippen LogP contribution in [0.4, 0.5) is 0 Å². The van der Waals surface area contributed by atoms with Gasteiger partial charge in [-0.3, -0.25) is 0 Å². The van der Waals surface area contributed by atoms with Gasteiger partial charge < -0.3 is 9.88 Å². The van der Waals surface area contributed by atoms with Crippen LogP contribution in [0.5, 0.6) is 0 Å². The lowest BCUT2D eigenvalue weighted by atomic mass is 10.1. The quantitative estimate of drug-likeness (QED) is 0.789. The molecule has 0 aliphatic heterocycles. The van der Waals surface area contributed by atoms with E-state index in [-0.39, 0.29) is 0 Å². The zero-order valence-corrected chi connectivity index (χ0v) is 12.7. The van der Waals surface area contributed by atoms with Gasteiger partial charge in [0.15, 0.2) is 0 Å². The summed E-state index contributed by atoms with van der Waals surface area (Å²) in [5, 5.41) is 7.46. The molecule has 0 spiro atoms. The van der Waals surface area contributed by atoms with Crippen molar-refractivity contribution in [2.45, 2.75) is 37.9 Å². The molecule has 0 radical (unpaired) electrons. The highest BCUT2D eigenvalue weighted by molar-refractivity contribution is 7.17. The van der Waals surface area contributed by atoms with Crippen LogP contribution < -0.4 is 5.32 Å². The molecule has 2 unspecified atom stereocenters. The third-order valence-electron chi connectivity index (χ3n) is 4.50. The fraction of sp³-hybridized carbons (Fsp3) is 0.353. The number of benzene rings is 1. The van der Waals surface area contributed by atoms with Gasteiger partial charge in [-0.25, -0.2) is 4.98 Å². The van der Waals surface area contributed by atoms with Crippen molar-refractivity contribution >= 4 is 21.4 Å². The second-order valence-electron chi connectivity index (χ2n) is 5.75. The SMILES string of the molecule is c1ccc2c(CNC3CCCC3n3ccnc3)csc2c1. The van der Waals surface area contributed by atoms with Gasteiger partial charge in [-0.2, -0.15) is 0 Å². The predicted octanol–water partition coefficient (Wildman–Crippen LogP) is 3.98. The minimum Gasteiger partial charge on any atom is -0.333 e. The first-order chi connectivity index (χ1) is 10.4. The van der Waals surface area contributed by atoms with E-state index in [0.717, 1.165) is 6.54 Å². The van der Waals surface area contributed by atoms with E-state index in [1.807, 2.05) is 23.9 Å². The van der Waals surface area contributed by atoms with Crippen LogP contribution in [0.3, 0.4) is 0 Å². The maximum absolute atomic E-state index is 4.19. The van der Waals surface area contributed by atoms with Crippen molar-refractivity contribution in [3.63, 3.8) is 0 Å². The van der Waals surface area contributed by atoms with Crippen LogP contribution in [0.15, 0.2) is 48.4 Å². The first-order valence-corrected chi connectivity index (χ1v) is 8.46. The largest absolute Gasteiger partial charge is 0.333 e. The van der Waals surface area contributed by atoms with Crippen LogP contribution in [-0.4, -0.2) is 15.6 Å². The molecule has 1 aromatic carbocycles. The molecule has 2 aromatic heterocycles. The summed E-state index contributed by atoms with van der Waals surface area (Å²) < 4.78 is 3.64. The molecule has 2 heterocycles. The summed E-state index contributed by atoms with van der Waals surface area (Å²) in [5.41, 5.74) is 1.42. The third-order valence-corrected chi connectivity index (χ3v) is 5.52. The van der Waals surface area contributed by atoms with Crippen LogP contribution in [0.25, 0.3) is 10.1 Å². The number of fused-ring (bicyclic) bond motifs is 1. The van der Waals surface area contributed by atoms with Gasteiger partial charge in [-0.15, -0.1) is 11.3 Å². The smallest absolute Gasteiger partial charge is 0.0949 e. The average Bonchev–Trinajstić information content (AvgIpc) is 3.25. The van der Waals surface area contributed by atoms with Gasteiger partial charge in [0.1, 0.15) is 0 Å². The molecule has 0 bridgehead atoms.